The molecule has 0 aromatic carbocycles. The van der Waals surface area contributed by atoms with Crippen molar-refractivity contribution in [1.29, 1.82) is 0 Å². The fourth-order valence-electron chi connectivity index (χ4n) is 1.56. The van der Waals surface area contributed by atoms with E-state index in [1.54, 1.807) is 0 Å². The summed E-state index contributed by atoms with van der Waals surface area (Å²) >= 11 is 0. The minimum absolute atomic E-state index is 0.0117. The lowest BCUT2D eigenvalue weighted by atomic mass is 10.1. The largest absolute Gasteiger partial charge is 0.481 e. The molecule has 15 heavy (non-hydrogen) atoms. The van der Waals surface area contributed by atoms with Crippen LogP contribution >= 0.6 is 0 Å². The lowest BCUT2D eigenvalue weighted by Gasteiger charge is -2.04. The van der Waals surface area contributed by atoms with E-state index in [0.717, 1.165) is 17.9 Å². The molecule has 4 nitrogen and oxygen atoms in total. The Morgan fingerprint density at radius 2 is 2.13 bits per heavy atom. The van der Waals surface area contributed by atoms with E-state index in [1.807, 2.05) is 18.5 Å². The monoisotopic (exact) mass is 210 g/mol. The van der Waals surface area contributed by atoms with Crippen LogP contribution in [0.4, 0.5) is 0 Å². The van der Waals surface area contributed by atoms with Crippen LogP contribution in [0.3, 0.4) is 0 Å². The van der Waals surface area contributed by atoms with Crippen LogP contribution in [0, 0.1) is 12.8 Å². The van der Waals surface area contributed by atoms with Crippen molar-refractivity contribution < 1.29 is 9.90 Å². The first-order valence-corrected chi connectivity index (χ1v) is 5.14. The van der Waals surface area contributed by atoms with E-state index in [4.69, 9.17) is 5.11 Å². The van der Waals surface area contributed by atoms with Gasteiger partial charge >= 0.3 is 5.97 Å². The second-order valence-corrected chi connectivity index (χ2v) is 4.29. The zero-order chi connectivity index (χ0) is 11.6. The number of carbonyl (C=O) groups is 1. The summed E-state index contributed by atoms with van der Waals surface area (Å²) in [6, 6.07) is 0. The quantitative estimate of drug-likeness (QED) is 0.820. The number of imidazole rings is 1. The molecule has 0 saturated carbocycles. The van der Waals surface area contributed by atoms with Gasteiger partial charge in [-0.2, -0.15) is 0 Å². The molecule has 0 bridgehead atoms. The normalized spacial score (nSPS) is 11.0. The van der Waals surface area contributed by atoms with Gasteiger partial charge in [-0.05, 0) is 12.8 Å². The smallest absolute Gasteiger partial charge is 0.309 e. The molecule has 0 fully saturated rings. The third-order valence-electron chi connectivity index (χ3n) is 2.48. The Bertz CT molecular complexity index is 367. The van der Waals surface area contributed by atoms with Crippen molar-refractivity contribution in [2.75, 3.05) is 0 Å². The molecule has 0 radical (unpaired) electrons. The van der Waals surface area contributed by atoms with Gasteiger partial charge in [0.05, 0.1) is 12.1 Å². The van der Waals surface area contributed by atoms with E-state index in [2.05, 4.69) is 18.8 Å². The van der Waals surface area contributed by atoms with Crippen LogP contribution in [0.2, 0.25) is 0 Å². The van der Waals surface area contributed by atoms with Gasteiger partial charge in [0.1, 0.15) is 5.82 Å². The fraction of sp³-hybridized carbons (Fsp3) is 0.636. The summed E-state index contributed by atoms with van der Waals surface area (Å²) in [6.07, 6.45) is 0.898. The molecule has 1 aromatic heterocycles. The minimum atomic E-state index is -0.827. The standard InChI is InChI=1S/C11H18N2O2/c1-7(2)5-10-12-9(6-11(14)15)8(3)13(10)4/h7H,5-6H2,1-4H3,(H,14,15). The Labute approximate surface area is 89.9 Å². The van der Waals surface area contributed by atoms with Crippen LogP contribution in [0.15, 0.2) is 0 Å². The molecule has 0 saturated heterocycles. The molecule has 0 aliphatic heterocycles. The van der Waals surface area contributed by atoms with Gasteiger partial charge in [0.25, 0.3) is 0 Å². The number of aliphatic carboxylic acids is 1. The molecule has 84 valence electrons. The number of hydrogen-bond donors (Lipinski definition) is 1. The average Bonchev–Trinajstić information content (AvgIpc) is 2.32. The second kappa shape index (κ2) is 4.47. The average molecular weight is 210 g/mol. The summed E-state index contributed by atoms with van der Waals surface area (Å²) in [7, 11) is 1.94. The minimum Gasteiger partial charge on any atom is -0.481 e. The first kappa shape index (κ1) is 11.8. The van der Waals surface area contributed by atoms with Gasteiger partial charge in [0.15, 0.2) is 0 Å². The predicted octanol–water partition coefficient (Wildman–Crippen LogP) is 1.55. The van der Waals surface area contributed by atoms with E-state index in [9.17, 15) is 4.79 Å². The number of rotatable bonds is 4. The number of carboxylic acids is 1. The third kappa shape index (κ3) is 2.81. The van der Waals surface area contributed by atoms with E-state index in [-0.39, 0.29) is 6.42 Å². The van der Waals surface area contributed by atoms with Crippen molar-refractivity contribution in [2.24, 2.45) is 13.0 Å². The summed E-state index contributed by atoms with van der Waals surface area (Å²) in [5.74, 6) is 0.675. The maximum atomic E-state index is 10.6. The SMILES string of the molecule is Cc1c(CC(=O)O)nc(CC(C)C)n1C. The van der Waals surface area contributed by atoms with Crippen LogP contribution < -0.4 is 0 Å². The zero-order valence-corrected chi connectivity index (χ0v) is 9.74. The molecule has 0 atom stereocenters. The molecule has 1 heterocycles. The van der Waals surface area contributed by atoms with Crippen LogP contribution in [-0.4, -0.2) is 20.6 Å². The molecular formula is C11H18N2O2. The molecular weight excluding hydrogens is 192 g/mol. The van der Waals surface area contributed by atoms with E-state index < -0.39 is 5.97 Å². The van der Waals surface area contributed by atoms with Crippen molar-refractivity contribution >= 4 is 5.97 Å². The molecule has 1 N–H and O–H groups in total. The Balaban J connectivity index is 2.95. The van der Waals surface area contributed by atoms with E-state index in [1.165, 1.54) is 0 Å². The first-order valence-electron chi connectivity index (χ1n) is 5.14. The lowest BCUT2D eigenvalue weighted by Crippen LogP contribution is -2.03. The van der Waals surface area contributed by atoms with Crippen LogP contribution in [0.25, 0.3) is 0 Å². The highest BCUT2D eigenvalue weighted by atomic mass is 16.4. The van der Waals surface area contributed by atoms with Gasteiger partial charge in [-0.1, -0.05) is 13.8 Å². The molecule has 0 unspecified atom stereocenters. The van der Waals surface area contributed by atoms with Crippen LogP contribution in [-0.2, 0) is 24.7 Å². The van der Waals surface area contributed by atoms with Crippen molar-refractivity contribution in [2.45, 2.75) is 33.6 Å². The lowest BCUT2D eigenvalue weighted by molar-refractivity contribution is -0.136. The Hall–Kier alpha value is -1.32. The molecule has 0 amide bonds. The Morgan fingerprint density at radius 1 is 1.53 bits per heavy atom. The van der Waals surface area contributed by atoms with Gasteiger partial charge in [0.2, 0.25) is 0 Å². The number of nitrogens with zero attached hydrogens (tertiary/aromatic N) is 2. The van der Waals surface area contributed by atoms with Crippen LogP contribution in [0.5, 0.6) is 0 Å². The van der Waals surface area contributed by atoms with Gasteiger partial charge in [-0.3, -0.25) is 4.79 Å². The maximum Gasteiger partial charge on any atom is 0.309 e. The van der Waals surface area contributed by atoms with E-state index >= 15 is 0 Å². The highest BCUT2D eigenvalue weighted by Gasteiger charge is 2.14. The molecule has 1 rings (SSSR count). The highest BCUT2D eigenvalue weighted by molar-refractivity contribution is 5.69. The summed E-state index contributed by atoms with van der Waals surface area (Å²) in [5.41, 5.74) is 1.63. The molecule has 0 aliphatic rings. The third-order valence-corrected chi connectivity index (χ3v) is 2.48. The maximum absolute atomic E-state index is 10.6. The van der Waals surface area contributed by atoms with E-state index in [0.29, 0.717) is 11.6 Å². The van der Waals surface area contributed by atoms with Gasteiger partial charge in [-0.25, -0.2) is 4.98 Å². The summed E-state index contributed by atoms with van der Waals surface area (Å²) in [5, 5.41) is 8.72. The number of hydrogen-bond acceptors (Lipinski definition) is 2. The Morgan fingerprint density at radius 3 is 2.60 bits per heavy atom. The summed E-state index contributed by atoms with van der Waals surface area (Å²) < 4.78 is 1.98. The molecule has 0 aliphatic carbocycles. The summed E-state index contributed by atoms with van der Waals surface area (Å²) in [4.78, 5) is 15.0. The van der Waals surface area contributed by atoms with Crippen LogP contribution in [0.1, 0.15) is 31.1 Å². The topological polar surface area (TPSA) is 55.1 Å². The number of aromatic nitrogens is 2. The van der Waals surface area contributed by atoms with Gasteiger partial charge < -0.3 is 9.67 Å². The highest BCUT2D eigenvalue weighted by Crippen LogP contribution is 2.13. The predicted molar refractivity (Wildman–Crippen MR) is 57.8 cm³/mol. The van der Waals surface area contributed by atoms with Crippen molar-refractivity contribution in [3.05, 3.63) is 17.2 Å². The second-order valence-electron chi connectivity index (χ2n) is 4.29. The molecule has 4 heteroatoms. The van der Waals surface area contributed by atoms with Gasteiger partial charge in [-0.15, -0.1) is 0 Å². The zero-order valence-electron chi connectivity index (χ0n) is 9.74. The van der Waals surface area contributed by atoms with Crippen molar-refractivity contribution in [1.82, 2.24) is 9.55 Å². The van der Waals surface area contributed by atoms with Gasteiger partial charge in [0, 0.05) is 19.2 Å². The first-order chi connectivity index (χ1) is 6.91. The van der Waals surface area contributed by atoms with Crippen molar-refractivity contribution in [3.63, 3.8) is 0 Å². The van der Waals surface area contributed by atoms with Crippen molar-refractivity contribution in [3.8, 4) is 0 Å². The molecule has 0 spiro atoms. The molecule has 1 aromatic rings. The number of carboxylic acid groups (broad SMARTS) is 1. The fourth-order valence-corrected chi connectivity index (χ4v) is 1.56. The summed E-state index contributed by atoms with van der Waals surface area (Å²) in [6.45, 7) is 6.16. The Kier molecular flexibility index (Phi) is 3.50.